The van der Waals surface area contributed by atoms with Gasteiger partial charge in [-0.05, 0) is 36.2 Å². The number of rotatable bonds is 7. The summed E-state index contributed by atoms with van der Waals surface area (Å²) >= 11 is 3.60. The summed E-state index contributed by atoms with van der Waals surface area (Å²) in [6.07, 6.45) is 0.935. The third-order valence-corrected chi connectivity index (χ3v) is 6.67. The van der Waals surface area contributed by atoms with E-state index in [2.05, 4.69) is 47.3 Å². The molecule has 1 aliphatic heterocycles. The number of piperazine rings is 1. The Morgan fingerprint density at radius 2 is 1.79 bits per heavy atom. The van der Waals surface area contributed by atoms with Crippen LogP contribution in [0.5, 0.6) is 0 Å². The van der Waals surface area contributed by atoms with Gasteiger partial charge in [-0.15, -0.1) is 22.7 Å². The highest BCUT2D eigenvalue weighted by Crippen LogP contribution is 2.08. The molecule has 1 aliphatic rings. The molecule has 0 aromatic carbocycles. The first kappa shape index (κ1) is 17.6. The van der Waals surface area contributed by atoms with Crippen LogP contribution in [0, 0.1) is 0 Å². The lowest BCUT2D eigenvalue weighted by Crippen LogP contribution is -3.29. The summed E-state index contributed by atoms with van der Waals surface area (Å²) in [6.45, 7) is 8.42. The zero-order valence-corrected chi connectivity index (χ0v) is 15.8. The van der Waals surface area contributed by atoms with Crippen LogP contribution in [-0.4, -0.2) is 44.7 Å². The van der Waals surface area contributed by atoms with Crippen molar-refractivity contribution >= 4 is 28.6 Å². The van der Waals surface area contributed by atoms with Gasteiger partial charge in [0, 0.05) is 11.4 Å². The van der Waals surface area contributed by atoms with E-state index in [4.69, 9.17) is 0 Å². The molecule has 24 heavy (non-hydrogen) atoms. The third kappa shape index (κ3) is 4.89. The molecule has 1 fully saturated rings. The fourth-order valence-electron chi connectivity index (χ4n) is 3.30. The minimum atomic E-state index is 0.0524. The van der Waals surface area contributed by atoms with Gasteiger partial charge in [0.05, 0.1) is 4.88 Å². The Balaban J connectivity index is 1.37. The standard InChI is InChI=1S/C18H25N3OS2/c1-15(18(22)19-7-6-16-4-2-12-23-16)21-10-8-20(9-11-21)14-17-5-3-13-24-17/h2-5,12-13,15H,6-11,14H2,1H3,(H,19,22)/p+2/t15-/m0/s1. The summed E-state index contributed by atoms with van der Waals surface area (Å²) in [5.74, 6) is 0.197. The van der Waals surface area contributed by atoms with Crippen LogP contribution in [0.25, 0.3) is 0 Å². The predicted molar refractivity (Wildman–Crippen MR) is 99.9 cm³/mol. The maximum atomic E-state index is 12.4. The molecule has 3 heterocycles. The van der Waals surface area contributed by atoms with E-state index in [1.54, 1.807) is 16.2 Å². The molecule has 0 aliphatic carbocycles. The van der Waals surface area contributed by atoms with Gasteiger partial charge in [0.2, 0.25) is 0 Å². The topological polar surface area (TPSA) is 38.0 Å². The molecule has 1 amide bonds. The SMILES string of the molecule is C[C@@H](C(=O)NCCc1cccs1)[NH+]1CC[NH+](Cc2cccs2)CC1. The highest BCUT2D eigenvalue weighted by molar-refractivity contribution is 7.10. The number of quaternary nitrogens is 2. The molecule has 3 rings (SSSR count). The number of nitrogens with one attached hydrogen (secondary N) is 3. The monoisotopic (exact) mass is 365 g/mol. The molecule has 0 spiro atoms. The van der Waals surface area contributed by atoms with Crippen molar-refractivity contribution in [2.24, 2.45) is 0 Å². The van der Waals surface area contributed by atoms with Crippen LogP contribution in [0.4, 0.5) is 0 Å². The van der Waals surface area contributed by atoms with E-state index in [0.29, 0.717) is 0 Å². The first-order chi connectivity index (χ1) is 11.7. The number of hydrogen-bond donors (Lipinski definition) is 3. The smallest absolute Gasteiger partial charge is 0.278 e. The first-order valence-corrected chi connectivity index (χ1v) is 10.5. The Morgan fingerprint density at radius 1 is 1.12 bits per heavy atom. The molecule has 2 aromatic rings. The third-order valence-electron chi connectivity index (χ3n) is 4.86. The Morgan fingerprint density at radius 3 is 2.42 bits per heavy atom. The van der Waals surface area contributed by atoms with Crippen LogP contribution in [0.3, 0.4) is 0 Å². The Hall–Kier alpha value is -1.21. The average molecular weight is 366 g/mol. The normalized spacial score (nSPS) is 22.2. The second-order valence-corrected chi connectivity index (χ2v) is 8.57. The molecule has 130 valence electrons. The maximum absolute atomic E-state index is 12.4. The van der Waals surface area contributed by atoms with E-state index in [1.165, 1.54) is 14.7 Å². The van der Waals surface area contributed by atoms with Gasteiger partial charge in [-0.2, -0.15) is 0 Å². The van der Waals surface area contributed by atoms with Gasteiger partial charge in [-0.25, -0.2) is 0 Å². The van der Waals surface area contributed by atoms with Crippen molar-refractivity contribution in [2.75, 3.05) is 32.7 Å². The van der Waals surface area contributed by atoms with E-state index in [9.17, 15) is 4.79 Å². The van der Waals surface area contributed by atoms with Gasteiger partial charge in [-0.3, -0.25) is 4.79 Å². The molecule has 1 atom stereocenters. The Kier molecular flexibility index (Phi) is 6.43. The van der Waals surface area contributed by atoms with Crippen LogP contribution >= 0.6 is 22.7 Å². The van der Waals surface area contributed by atoms with Gasteiger partial charge >= 0.3 is 0 Å². The summed E-state index contributed by atoms with van der Waals surface area (Å²) < 4.78 is 0. The van der Waals surface area contributed by atoms with Crippen molar-refractivity contribution in [1.29, 1.82) is 0 Å². The lowest BCUT2D eigenvalue weighted by Gasteiger charge is -2.32. The summed E-state index contributed by atoms with van der Waals surface area (Å²) in [6, 6.07) is 8.59. The molecule has 6 heteroatoms. The van der Waals surface area contributed by atoms with Crippen LogP contribution in [0.15, 0.2) is 35.0 Å². The summed E-state index contributed by atoms with van der Waals surface area (Å²) in [7, 11) is 0. The van der Waals surface area contributed by atoms with E-state index >= 15 is 0 Å². The van der Waals surface area contributed by atoms with Gasteiger partial charge in [0.25, 0.3) is 5.91 Å². The molecule has 3 N–H and O–H groups in total. The molecule has 4 nitrogen and oxygen atoms in total. The fourth-order valence-corrected chi connectivity index (χ4v) is 4.78. The van der Waals surface area contributed by atoms with Gasteiger partial charge in [0.15, 0.2) is 6.04 Å². The number of thiophene rings is 2. The molecular formula is C18H27N3OS2+2. The van der Waals surface area contributed by atoms with Crippen molar-refractivity contribution in [3.8, 4) is 0 Å². The van der Waals surface area contributed by atoms with E-state index in [1.807, 2.05) is 11.3 Å². The van der Waals surface area contributed by atoms with Crippen LogP contribution < -0.4 is 15.1 Å². The molecule has 0 bridgehead atoms. The zero-order valence-electron chi connectivity index (χ0n) is 14.2. The first-order valence-electron chi connectivity index (χ1n) is 8.73. The van der Waals surface area contributed by atoms with Crippen molar-refractivity contribution < 1.29 is 14.6 Å². The van der Waals surface area contributed by atoms with Gasteiger partial charge in [-0.1, -0.05) is 12.1 Å². The molecular weight excluding hydrogens is 338 g/mol. The quantitative estimate of drug-likeness (QED) is 0.627. The van der Waals surface area contributed by atoms with E-state index in [0.717, 1.165) is 45.7 Å². The molecule has 2 aromatic heterocycles. The summed E-state index contributed by atoms with van der Waals surface area (Å²) in [5.41, 5.74) is 0. The average Bonchev–Trinajstić information content (AvgIpc) is 3.29. The Labute approximate surface area is 152 Å². The minimum Gasteiger partial charge on any atom is -0.351 e. The lowest BCUT2D eigenvalue weighted by molar-refractivity contribution is -1.02. The zero-order chi connectivity index (χ0) is 16.8. The number of carbonyl (C=O) groups excluding carboxylic acids is 1. The minimum absolute atomic E-state index is 0.0524. The molecule has 0 saturated carbocycles. The lowest BCUT2D eigenvalue weighted by atomic mass is 10.2. The maximum Gasteiger partial charge on any atom is 0.278 e. The fraction of sp³-hybridized carbons (Fsp3) is 0.500. The van der Waals surface area contributed by atoms with Crippen LogP contribution in [0.2, 0.25) is 0 Å². The van der Waals surface area contributed by atoms with E-state index in [-0.39, 0.29) is 11.9 Å². The highest BCUT2D eigenvalue weighted by atomic mass is 32.1. The highest BCUT2D eigenvalue weighted by Gasteiger charge is 2.30. The van der Waals surface area contributed by atoms with Crippen molar-refractivity contribution in [1.82, 2.24) is 5.32 Å². The molecule has 1 saturated heterocycles. The number of carbonyl (C=O) groups is 1. The summed E-state index contributed by atoms with van der Waals surface area (Å²) in [4.78, 5) is 18.2. The van der Waals surface area contributed by atoms with Crippen LogP contribution in [0.1, 0.15) is 16.7 Å². The predicted octanol–water partition coefficient (Wildman–Crippen LogP) is -0.160. The van der Waals surface area contributed by atoms with Crippen molar-refractivity contribution in [3.63, 3.8) is 0 Å². The molecule has 0 radical (unpaired) electrons. The van der Waals surface area contributed by atoms with Gasteiger partial charge in [0.1, 0.15) is 32.7 Å². The number of hydrogen-bond acceptors (Lipinski definition) is 3. The van der Waals surface area contributed by atoms with E-state index < -0.39 is 0 Å². The van der Waals surface area contributed by atoms with Crippen molar-refractivity contribution in [3.05, 3.63) is 44.8 Å². The van der Waals surface area contributed by atoms with Gasteiger partial charge < -0.3 is 15.1 Å². The largest absolute Gasteiger partial charge is 0.351 e. The Bertz CT molecular complexity index is 604. The second kappa shape index (κ2) is 8.76. The van der Waals surface area contributed by atoms with Crippen LogP contribution in [-0.2, 0) is 17.8 Å². The molecule has 0 unspecified atom stereocenters. The van der Waals surface area contributed by atoms with Crippen molar-refractivity contribution in [2.45, 2.75) is 25.9 Å². The summed E-state index contributed by atoms with van der Waals surface area (Å²) in [5, 5.41) is 7.34. The second-order valence-electron chi connectivity index (χ2n) is 6.51. The number of amides is 1.